The van der Waals surface area contributed by atoms with Crippen molar-refractivity contribution in [1.82, 2.24) is 16.0 Å². The minimum atomic E-state index is -1.32. The Morgan fingerprint density at radius 3 is 1.97 bits per heavy atom. The summed E-state index contributed by atoms with van der Waals surface area (Å²) in [6.07, 6.45) is 0.227. The average molecular weight is 526 g/mol. The monoisotopic (exact) mass is 525 g/mol. The van der Waals surface area contributed by atoms with E-state index in [0.29, 0.717) is 12.0 Å². The highest BCUT2D eigenvalue weighted by Gasteiger charge is 2.30. The molecule has 5 atom stereocenters. The van der Waals surface area contributed by atoms with Gasteiger partial charge < -0.3 is 37.6 Å². The zero-order valence-corrected chi connectivity index (χ0v) is 21.2. The fourth-order valence-corrected chi connectivity index (χ4v) is 3.40. The standard InChI is InChI=1S/C23H35N5O7S/c1-3-12(2)19(25)22(33)26-15(8-9-18(24)30)20(31)28-17(11-36)21(32)27-16(23(34)35)10-13-4-6-14(29)7-5-13/h4-7,12,15-17,19,29,36H,3,8-11,25H2,1-2H3,(H2,24,30)(H,26,33)(H,27,32)(H,28,31)(H,34,35). The lowest BCUT2D eigenvalue weighted by molar-refractivity contribution is -0.142. The smallest absolute Gasteiger partial charge is 0.326 e. The third-order valence-corrected chi connectivity index (χ3v) is 6.04. The molecule has 0 saturated heterocycles. The molecule has 4 amide bonds. The first-order chi connectivity index (χ1) is 16.9. The minimum absolute atomic E-state index is 0.00981. The maximum Gasteiger partial charge on any atom is 0.326 e. The van der Waals surface area contributed by atoms with Crippen molar-refractivity contribution in [1.29, 1.82) is 0 Å². The number of thiol groups is 1. The van der Waals surface area contributed by atoms with E-state index >= 15 is 0 Å². The zero-order valence-electron chi connectivity index (χ0n) is 20.3. The normalized spacial score (nSPS) is 15.0. The molecular weight excluding hydrogens is 490 g/mol. The number of primary amides is 1. The van der Waals surface area contributed by atoms with Gasteiger partial charge in [-0.25, -0.2) is 4.79 Å². The summed E-state index contributed by atoms with van der Waals surface area (Å²) in [5, 5.41) is 26.2. The van der Waals surface area contributed by atoms with Gasteiger partial charge >= 0.3 is 5.97 Å². The summed E-state index contributed by atoms with van der Waals surface area (Å²) in [5.41, 5.74) is 11.7. The van der Waals surface area contributed by atoms with Crippen molar-refractivity contribution >= 4 is 42.2 Å². The Labute approximate surface area is 215 Å². The van der Waals surface area contributed by atoms with Gasteiger partial charge in [0.2, 0.25) is 23.6 Å². The maximum absolute atomic E-state index is 12.9. The fraction of sp³-hybridized carbons (Fsp3) is 0.522. The van der Waals surface area contributed by atoms with E-state index < -0.39 is 53.8 Å². The number of benzene rings is 1. The highest BCUT2D eigenvalue weighted by Crippen LogP contribution is 2.12. The molecule has 12 nitrogen and oxygen atoms in total. The van der Waals surface area contributed by atoms with Gasteiger partial charge in [0.25, 0.3) is 0 Å². The number of nitrogens with two attached hydrogens (primary N) is 2. The van der Waals surface area contributed by atoms with Gasteiger partial charge in [0, 0.05) is 18.6 Å². The van der Waals surface area contributed by atoms with E-state index in [2.05, 4.69) is 28.6 Å². The number of amides is 4. The number of carbonyl (C=O) groups is 5. The molecule has 0 fully saturated rings. The summed E-state index contributed by atoms with van der Waals surface area (Å²) < 4.78 is 0. The third-order valence-electron chi connectivity index (χ3n) is 5.68. The predicted molar refractivity (Wildman–Crippen MR) is 135 cm³/mol. The van der Waals surface area contributed by atoms with Crippen LogP contribution in [0.2, 0.25) is 0 Å². The van der Waals surface area contributed by atoms with Gasteiger partial charge in [0.05, 0.1) is 6.04 Å². The van der Waals surface area contributed by atoms with Gasteiger partial charge in [-0.3, -0.25) is 19.2 Å². The van der Waals surface area contributed by atoms with Crippen LogP contribution in [0.4, 0.5) is 0 Å². The van der Waals surface area contributed by atoms with E-state index in [0.717, 1.165) is 0 Å². The quantitative estimate of drug-likeness (QED) is 0.133. The molecule has 1 aromatic carbocycles. The number of rotatable bonds is 15. The molecule has 13 heteroatoms. The Hall–Kier alpha value is -3.32. The summed E-state index contributed by atoms with van der Waals surface area (Å²) >= 11 is 4.08. The lowest BCUT2D eigenvalue weighted by Crippen LogP contribution is -2.58. The Balaban J connectivity index is 2.92. The van der Waals surface area contributed by atoms with Crippen molar-refractivity contribution in [2.45, 2.75) is 63.7 Å². The first-order valence-corrected chi connectivity index (χ1v) is 12.1. The number of hydrogen-bond donors (Lipinski definition) is 8. The molecule has 1 aromatic rings. The molecule has 0 spiro atoms. The lowest BCUT2D eigenvalue weighted by Gasteiger charge is -2.25. The van der Waals surface area contributed by atoms with Crippen LogP contribution in [0.25, 0.3) is 0 Å². The second-order valence-corrected chi connectivity index (χ2v) is 8.86. The Morgan fingerprint density at radius 1 is 0.944 bits per heavy atom. The molecule has 0 aliphatic heterocycles. The number of aliphatic carboxylic acids is 1. The summed E-state index contributed by atoms with van der Waals surface area (Å²) in [4.78, 5) is 61.1. The van der Waals surface area contributed by atoms with Crippen LogP contribution in [0.5, 0.6) is 5.75 Å². The minimum Gasteiger partial charge on any atom is -0.508 e. The lowest BCUT2D eigenvalue weighted by atomic mass is 9.98. The predicted octanol–water partition coefficient (Wildman–Crippen LogP) is -0.958. The van der Waals surface area contributed by atoms with Crippen LogP contribution in [-0.2, 0) is 30.4 Å². The number of carboxylic acid groups (broad SMARTS) is 1. The largest absolute Gasteiger partial charge is 0.508 e. The summed E-state index contributed by atoms with van der Waals surface area (Å²) in [6.45, 7) is 3.64. The number of hydrogen-bond acceptors (Lipinski definition) is 8. The Bertz CT molecular complexity index is 928. The van der Waals surface area contributed by atoms with Crippen molar-refractivity contribution in [3.8, 4) is 5.75 Å². The summed E-state index contributed by atoms with van der Waals surface area (Å²) in [5.74, 6) is -4.49. The second kappa shape index (κ2) is 14.9. The van der Waals surface area contributed by atoms with Gasteiger partial charge in [-0.15, -0.1) is 0 Å². The second-order valence-electron chi connectivity index (χ2n) is 8.49. The van der Waals surface area contributed by atoms with Gasteiger partial charge in [-0.05, 0) is 30.0 Å². The molecule has 0 radical (unpaired) electrons. The topological polar surface area (TPSA) is 214 Å². The molecule has 200 valence electrons. The molecule has 5 unspecified atom stereocenters. The Morgan fingerprint density at radius 2 is 1.47 bits per heavy atom. The molecule has 0 aromatic heterocycles. The van der Waals surface area contributed by atoms with Crippen LogP contribution in [-0.4, -0.2) is 69.7 Å². The molecule has 1 rings (SSSR count). The Kier molecular flexibility index (Phi) is 12.7. The summed E-state index contributed by atoms with van der Waals surface area (Å²) in [6, 6.07) is 1.17. The maximum atomic E-state index is 12.9. The molecule has 0 heterocycles. The highest BCUT2D eigenvalue weighted by atomic mass is 32.1. The van der Waals surface area contributed by atoms with Gasteiger partial charge in [-0.2, -0.15) is 12.6 Å². The van der Waals surface area contributed by atoms with E-state index in [1.165, 1.54) is 24.3 Å². The molecule has 9 N–H and O–H groups in total. The number of carboxylic acids is 1. The van der Waals surface area contributed by atoms with Crippen LogP contribution in [0, 0.1) is 5.92 Å². The molecule has 0 bridgehead atoms. The van der Waals surface area contributed by atoms with E-state index in [9.17, 15) is 34.2 Å². The third kappa shape index (κ3) is 10.1. The van der Waals surface area contributed by atoms with Crippen molar-refractivity contribution in [3.05, 3.63) is 29.8 Å². The molecule has 36 heavy (non-hydrogen) atoms. The fourth-order valence-electron chi connectivity index (χ4n) is 3.14. The zero-order chi connectivity index (χ0) is 27.4. The molecular formula is C23H35N5O7S. The van der Waals surface area contributed by atoms with Gasteiger partial charge in [0.15, 0.2) is 0 Å². The van der Waals surface area contributed by atoms with Crippen LogP contribution < -0.4 is 27.4 Å². The van der Waals surface area contributed by atoms with E-state index in [4.69, 9.17) is 11.5 Å². The number of phenolic OH excluding ortho intramolecular Hbond substituents is 1. The van der Waals surface area contributed by atoms with Crippen molar-refractivity contribution in [2.75, 3.05) is 5.75 Å². The molecule has 0 aliphatic carbocycles. The SMILES string of the molecule is CCC(C)C(N)C(=O)NC(CCC(N)=O)C(=O)NC(CS)C(=O)NC(Cc1ccc(O)cc1)C(=O)O. The first-order valence-electron chi connectivity index (χ1n) is 11.5. The highest BCUT2D eigenvalue weighted by molar-refractivity contribution is 7.80. The number of aromatic hydroxyl groups is 1. The van der Waals surface area contributed by atoms with E-state index in [1.807, 2.05) is 6.92 Å². The van der Waals surface area contributed by atoms with Gasteiger partial charge in [0.1, 0.15) is 23.9 Å². The average Bonchev–Trinajstić information content (AvgIpc) is 2.84. The van der Waals surface area contributed by atoms with E-state index in [-0.39, 0.29) is 36.7 Å². The van der Waals surface area contributed by atoms with Crippen molar-refractivity contribution in [3.63, 3.8) is 0 Å². The van der Waals surface area contributed by atoms with Crippen molar-refractivity contribution < 1.29 is 34.2 Å². The first kappa shape index (κ1) is 30.7. The molecule has 0 saturated carbocycles. The molecule has 0 aliphatic rings. The van der Waals surface area contributed by atoms with E-state index in [1.54, 1.807) is 6.92 Å². The van der Waals surface area contributed by atoms with Crippen molar-refractivity contribution in [2.24, 2.45) is 17.4 Å². The number of phenols is 1. The van der Waals surface area contributed by atoms with Crippen LogP contribution in [0.1, 0.15) is 38.7 Å². The van der Waals surface area contributed by atoms with Crippen LogP contribution >= 0.6 is 12.6 Å². The number of carbonyl (C=O) groups excluding carboxylic acids is 4. The van der Waals surface area contributed by atoms with Crippen LogP contribution in [0.15, 0.2) is 24.3 Å². The number of nitrogens with one attached hydrogen (secondary N) is 3. The summed E-state index contributed by atoms with van der Waals surface area (Å²) in [7, 11) is 0. The van der Waals surface area contributed by atoms with Gasteiger partial charge in [-0.1, -0.05) is 32.4 Å². The van der Waals surface area contributed by atoms with Crippen LogP contribution in [0.3, 0.4) is 0 Å².